The number of ether oxygens (including phenoxy) is 2. The highest BCUT2D eigenvalue weighted by Gasteiger charge is 2.07. The zero-order chi connectivity index (χ0) is 12.0. The summed E-state index contributed by atoms with van der Waals surface area (Å²) >= 11 is 5.91. The number of hydrogen-bond acceptors (Lipinski definition) is 3. The maximum absolute atomic E-state index is 5.91. The molecule has 0 aliphatic rings. The Morgan fingerprint density at radius 2 is 2.12 bits per heavy atom. The fourth-order valence-corrected chi connectivity index (χ4v) is 1.50. The van der Waals surface area contributed by atoms with Crippen LogP contribution in [0.4, 0.5) is 0 Å². The minimum atomic E-state index is 0.184. The Bertz CT molecular complexity index is 331. The van der Waals surface area contributed by atoms with Crippen LogP contribution < -0.4 is 10.1 Å². The Labute approximate surface area is 102 Å². The molecule has 1 atom stereocenters. The summed E-state index contributed by atoms with van der Waals surface area (Å²) in [7, 11) is 3.56. The van der Waals surface area contributed by atoms with Crippen LogP contribution >= 0.6 is 11.6 Å². The van der Waals surface area contributed by atoms with Crippen molar-refractivity contribution in [3.8, 4) is 5.75 Å². The summed E-state index contributed by atoms with van der Waals surface area (Å²) in [6.07, 6.45) is 0. The van der Waals surface area contributed by atoms with E-state index in [0.29, 0.717) is 18.2 Å². The highest BCUT2D eigenvalue weighted by Crippen LogP contribution is 2.22. The molecule has 0 spiro atoms. The highest BCUT2D eigenvalue weighted by atomic mass is 35.5. The molecule has 0 fully saturated rings. The molecule has 0 heterocycles. The van der Waals surface area contributed by atoms with E-state index in [4.69, 9.17) is 21.1 Å². The molecule has 90 valence electrons. The Balaban J connectivity index is 2.55. The van der Waals surface area contributed by atoms with Crippen LogP contribution in [0.15, 0.2) is 18.2 Å². The van der Waals surface area contributed by atoms with Crippen molar-refractivity contribution in [2.45, 2.75) is 13.0 Å². The molecule has 0 radical (unpaired) electrons. The summed E-state index contributed by atoms with van der Waals surface area (Å²) in [6, 6.07) is 5.82. The summed E-state index contributed by atoms with van der Waals surface area (Å²) in [4.78, 5) is 0. The number of halogens is 1. The Morgan fingerprint density at radius 3 is 2.75 bits per heavy atom. The minimum absolute atomic E-state index is 0.184. The van der Waals surface area contributed by atoms with Crippen LogP contribution in [0.2, 0.25) is 5.02 Å². The van der Waals surface area contributed by atoms with Crippen LogP contribution in [0.5, 0.6) is 5.75 Å². The first-order valence-corrected chi connectivity index (χ1v) is 5.60. The van der Waals surface area contributed by atoms with E-state index in [0.717, 1.165) is 11.3 Å². The van der Waals surface area contributed by atoms with E-state index in [1.807, 2.05) is 32.2 Å². The largest absolute Gasteiger partial charge is 0.492 e. The Hall–Kier alpha value is -0.770. The lowest BCUT2D eigenvalue weighted by molar-refractivity contribution is 0.139. The molecular weight excluding hydrogens is 226 g/mol. The molecule has 3 nitrogen and oxygen atoms in total. The maximum Gasteiger partial charge on any atom is 0.123 e. The lowest BCUT2D eigenvalue weighted by Crippen LogP contribution is -2.35. The van der Waals surface area contributed by atoms with E-state index >= 15 is 0 Å². The fourth-order valence-electron chi connectivity index (χ4n) is 1.34. The van der Waals surface area contributed by atoms with Gasteiger partial charge in [-0.25, -0.2) is 0 Å². The zero-order valence-electron chi connectivity index (χ0n) is 9.92. The number of aryl methyl sites for hydroxylation is 1. The van der Waals surface area contributed by atoms with Crippen LogP contribution in [0.3, 0.4) is 0 Å². The summed E-state index contributed by atoms with van der Waals surface area (Å²) in [5, 5.41) is 3.81. The number of likely N-dealkylation sites (N-methyl/N-ethyl adjacent to an activating group) is 1. The summed E-state index contributed by atoms with van der Waals surface area (Å²) in [6.45, 7) is 3.18. The summed E-state index contributed by atoms with van der Waals surface area (Å²) in [5.41, 5.74) is 1.08. The second-order valence-electron chi connectivity index (χ2n) is 3.66. The normalized spacial score (nSPS) is 12.5. The van der Waals surface area contributed by atoms with E-state index < -0.39 is 0 Å². The minimum Gasteiger partial charge on any atom is -0.492 e. The second kappa shape index (κ2) is 6.74. The molecule has 1 rings (SSSR count). The third-order valence-corrected chi connectivity index (χ3v) is 2.60. The fraction of sp³-hybridized carbons (Fsp3) is 0.500. The quantitative estimate of drug-likeness (QED) is 0.832. The van der Waals surface area contributed by atoms with Crippen molar-refractivity contribution in [2.75, 3.05) is 27.4 Å². The van der Waals surface area contributed by atoms with Crippen LogP contribution in [0, 0.1) is 6.92 Å². The van der Waals surface area contributed by atoms with Crippen molar-refractivity contribution in [1.29, 1.82) is 0 Å². The van der Waals surface area contributed by atoms with Gasteiger partial charge in [-0.3, -0.25) is 0 Å². The molecule has 1 N–H and O–H groups in total. The summed E-state index contributed by atoms with van der Waals surface area (Å²) < 4.78 is 10.8. The molecule has 0 saturated heterocycles. The smallest absolute Gasteiger partial charge is 0.123 e. The molecule has 0 amide bonds. The molecular formula is C12H18ClNO2. The Kier molecular flexibility index (Phi) is 5.60. The molecule has 0 aromatic heterocycles. The molecule has 0 saturated carbocycles. The van der Waals surface area contributed by atoms with Gasteiger partial charge < -0.3 is 14.8 Å². The van der Waals surface area contributed by atoms with Gasteiger partial charge in [0.25, 0.3) is 0 Å². The monoisotopic (exact) mass is 243 g/mol. The maximum atomic E-state index is 5.91. The van der Waals surface area contributed by atoms with Crippen LogP contribution in [-0.2, 0) is 4.74 Å². The zero-order valence-corrected chi connectivity index (χ0v) is 10.7. The number of benzene rings is 1. The first-order chi connectivity index (χ1) is 7.67. The standard InChI is InChI=1S/C12H18ClNO2/c1-9-4-5-10(13)6-12(9)16-8-11(14-2)7-15-3/h4-6,11,14H,7-8H2,1-3H3. The van der Waals surface area contributed by atoms with Gasteiger partial charge in [-0.1, -0.05) is 17.7 Å². The summed E-state index contributed by atoms with van der Waals surface area (Å²) in [5.74, 6) is 0.823. The van der Waals surface area contributed by atoms with Gasteiger partial charge in [0.05, 0.1) is 12.6 Å². The van der Waals surface area contributed by atoms with E-state index in [1.165, 1.54) is 0 Å². The van der Waals surface area contributed by atoms with Gasteiger partial charge >= 0.3 is 0 Å². The molecule has 4 heteroatoms. The van der Waals surface area contributed by atoms with Gasteiger partial charge in [0.1, 0.15) is 12.4 Å². The third-order valence-electron chi connectivity index (χ3n) is 2.37. The molecule has 0 aliphatic carbocycles. The Morgan fingerprint density at radius 1 is 1.38 bits per heavy atom. The number of nitrogens with one attached hydrogen (secondary N) is 1. The molecule has 1 unspecified atom stereocenters. The number of hydrogen-bond donors (Lipinski definition) is 1. The van der Waals surface area contributed by atoms with Crippen molar-refractivity contribution in [3.05, 3.63) is 28.8 Å². The van der Waals surface area contributed by atoms with Gasteiger partial charge in [0, 0.05) is 12.1 Å². The number of rotatable bonds is 6. The lowest BCUT2D eigenvalue weighted by atomic mass is 10.2. The average molecular weight is 244 g/mol. The van der Waals surface area contributed by atoms with E-state index in [1.54, 1.807) is 7.11 Å². The second-order valence-corrected chi connectivity index (χ2v) is 4.10. The number of methoxy groups -OCH3 is 1. The van der Waals surface area contributed by atoms with Crippen molar-refractivity contribution >= 4 is 11.6 Å². The van der Waals surface area contributed by atoms with Crippen molar-refractivity contribution in [3.63, 3.8) is 0 Å². The average Bonchev–Trinajstić information content (AvgIpc) is 2.28. The predicted octanol–water partition coefficient (Wildman–Crippen LogP) is 2.26. The van der Waals surface area contributed by atoms with Gasteiger partial charge in [0.2, 0.25) is 0 Å². The lowest BCUT2D eigenvalue weighted by Gasteiger charge is -2.17. The van der Waals surface area contributed by atoms with Gasteiger partial charge in [-0.15, -0.1) is 0 Å². The molecule has 1 aromatic rings. The van der Waals surface area contributed by atoms with Crippen LogP contribution in [0.1, 0.15) is 5.56 Å². The van der Waals surface area contributed by atoms with Crippen molar-refractivity contribution < 1.29 is 9.47 Å². The van der Waals surface area contributed by atoms with Gasteiger partial charge in [-0.05, 0) is 31.7 Å². The molecule has 0 aliphatic heterocycles. The molecule has 0 bridgehead atoms. The first-order valence-electron chi connectivity index (χ1n) is 5.22. The van der Waals surface area contributed by atoms with Gasteiger partial charge in [-0.2, -0.15) is 0 Å². The first kappa shape index (κ1) is 13.3. The molecule has 1 aromatic carbocycles. The van der Waals surface area contributed by atoms with E-state index in [2.05, 4.69) is 5.32 Å². The third kappa shape index (κ3) is 4.00. The van der Waals surface area contributed by atoms with Crippen LogP contribution in [0.25, 0.3) is 0 Å². The van der Waals surface area contributed by atoms with Gasteiger partial charge in [0.15, 0.2) is 0 Å². The SMILES string of the molecule is CNC(COC)COc1cc(Cl)ccc1C. The predicted molar refractivity (Wildman–Crippen MR) is 66.4 cm³/mol. The van der Waals surface area contributed by atoms with E-state index in [9.17, 15) is 0 Å². The molecule has 16 heavy (non-hydrogen) atoms. The van der Waals surface area contributed by atoms with Crippen molar-refractivity contribution in [1.82, 2.24) is 5.32 Å². The van der Waals surface area contributed by atoms with E-state index in [-0.39, 0.29) is 6.04 Å². The highest BCUT2D eigenvalue weighted by molar-refractivity contribution is 6.30. The van der Waals surface area contributed by atoms with Crippen LogP contribution in [-0.4, -0.2) is 33.4 Å². The van der Waals surface area contributed by atoms with Crippen molar-refractivity contribution in [2.24, 2.45) is 0 Å². The topological polar surface area (TPSA) is 30.5 Å².